The van der Waals surface area contributed by atoms with Crippen LogP contribution >= 0.6 is 34.8 Å². The van der Waals surface area contributed by atoms with Crippen molar-refractivity contribution in [3.8, 4) is 0 Å². The molecule has 0 radical (unpaired) electrons. The number of halogens is 3. The normalized spacial score (nSPS) is 20.0. The molecule has 0 saturated carbocycles. The molecule has 18 heavy (non-hydrogen) atoms. The van der Waals surface area contributed by atoms with Crippen molar-refractivity contribution < 1.29 is 9.59 Å². The molecule has 2 heterocycles. The predicted molar refractivity (Wildman–Crippen MR) is 69.2 cm³/mol. The zero-order chi connectivity index (χ0) is 13.4. The zero-order valence-corrected chi connectivity index (χ0v) is 11.5. The smallest absolute Gasteiger partial charge is 0.249 e. The van der Waals surface area contributed by atoms with Gasteiger partial charge in [-0.05, 0) is 13.0 Å². The minimum Gasteiger partial charge on any atom is -0.334 e. The van der Waals surface area contributed by atoms with Gasteiger partial charge in [-0.15, -0.1) is 0 Å². The first-order chi connectivity index (χ1) is 8.40. The summed E-state index contributed by atoms with van der Waals surface area (Å²) in [5.74, 6) is -0.556. The molecule has 1 aromatic heterocycles. The first kappa shape index (κ1) is 13.4. The Morgan fingerprint density at radius 1 is 1.33 bits per heavy atom. The van der Waals surface area contributed by atoms with Gasteiger partial charge in [0.05, 0.1) is 16.6 Å². The van der Waals surface area contributed by atoms with Gasteiger partial charge in [0.25, 0.3) is 0 Å². The monoisotopic (exact) mass is 307 g/mol. The molecule has 1 saturated heterocycles. The quantitative estimate of drug-likeness (QED) is 0.636. The third-order valence-corrected chi connectivity index (χ3v) is 3.51. The molecule has 1 atom stereocenters. The highest BCUT2D eigenvalue weighted by atomic mass is 35.5. The van der Waals surface area contributed by atoms with E-state index >= 15 is 0 Å². The summed E-state index contributed by atoms with van der Waals surface area (Å²) in [6.45, 7) is 1.62. The Labute approximate surface area is 118 Å². The van der Waals surface area contributed by atoms with Gasteiger partial charge in [0.2, 0.25) is 11.8 Å². The number of rotatable bonds is 1. The highest BCUT2D eigenvalue weighted by Crippen LogP contribution is 2.32. The molecule has 0 bridgehead atoms. The van der Waals surface area contributed by atoms with Crippen LogP contribution in [-0.2, 0) is 9.59 Å². The zero-order valence-electron chi connectivity index (χ0n) is 9.21. The Hall–Kier alpha value is -1.04. The fourth-order valence-electron chi connectivity index (χ4n) is 1.61. The highest BCUT2D eigenvalue weighted by molar-refractivity contribution is 6.43. The van der Waals surface area contributed by atoms with E-state index < -0.39 is 17.9 Å². The van der Waals surface area contributed by atoms with Crippen molar-refractivity contribution in [2.24, 2.45) is 0 Å². The topological polar surface area (TPSA) is 62.3 Å². The second-order valence-electron chi connectivity index (χ2n) is 3.78. The van der Waals surface area contributed by atoms with E-state index in [0.29, 0.717) is 0 Å². The SMILES string of the molecule is CC1C(=O)NC(=O)CN1c1nc(Cl)c(Cl)cc1Cl. The molecule has 8 heteroatoms. The number of amides is 2. The summed E-state index contributed by atoms with van der Waals surface area (Å²) in [6, 6.07) is 0.863. The first-order valence-electron chi connectivity index (χ1n) is 5.02. The van der Waals surface area contributed by atoms with Crippen molar-refractivity contribution in [1.29, 1.82) is 0 Å². The van der Waals surface area contributed by atoms with Gasteiger partial charge in [0, 0.05) is 0 Å². The summed E-state index contributed by atoms with van der Waals surface area (Å²) < 4.78 is 0. The molecule has 2 rings (SSSR count). The van der Waals surface area contributed by atoms with Crippen LogP contribution in [0.2, 0.25) is 15.2 Å². The van der Waals surface area contributed by atoms with Crippen molar-refractivity contribution in [2.75, 3.05) is 11.4 Å². The van der Waals surface area contributed by atoms with Gasteiger partial charge in [0.15, 0.2) is 0 Å². The molecule has 0 spiro atoms. The summed E-state index contributed by atoms with van der Waals surface area (Å²) in [6.07, 6.45) is 0. The lowest BCUT2D eigenvalue weighted by atomic mass is 10.2. The Morgan fingerprint density at radius 3 is 2.67 bits per heavy atom. The van der Waals surface area contributed by atoms with Crippen LogP contribution in [0.1, 0.15) is 6.92 Å². The van der Waals surface area contributed by atoms with Crippen molar-refractivity contribution in [2.45, 2.75) is 13.0 Å². The maximum absolute atomic E-state index is 11.5. The molecular weight excluding hydrogens is 300 g/mol. The number of aromatic nitrogens is 1. The maximum atomic E-state index is 11.5. The second kappa shape index (κ2) is 4.91. The Bertz CT molecular complexity index is 535. The van der Waals surface area contributed by atoms with E-state index in [0.717, 1.165) is 0 Å². The predicted octanol–water partition coefficient (Wildman–Crippen LogP) is 1.89. The standard InChI is InChI=1S/C10H8Cl3N3O2/c1-4-10(18)14-7(17)3-16(4)9-6(12)2-5(11)8(13)15-9/h2,4H,3H2,1H3,(H,14,17,18). The number of pyridine rings is 1. The number of hydrogen-bond donors (Lipinski definition) is 1. The number of carbonyl (C=O) groups excluding carboxylic acids is 2. The van der Waals surface area contributed by atoms with Gasteiger partial charge < -0.3 is 4.90 Å². The molecule has 5 nitrogen and oxygen atoms in total. The molecule has 1 aliphatic heterocycles. The summed E-state index contributed by atoms with van der Waals surface area (Å²) in [5, 5.41) is 2.74. The molecular formula is C10H8Cl3N3O2. The van der Waals surface area contributed by atoms with E-state index in [1.807, 2.05) is 0 Å². The summed E-state index contributed by atoms with van der Waals surface area (Å²) >= 11 is 17.6. The van der Waals surface area contributed by atoms with Crippen LogP contribution in [0.15, 0.2) is 6.07 Å². The fraction of sp³-hybridized carbons (Fsp3) is 0.300. The second-order valence-corrected chi connectivity index (χ2v) is 4.96. The van der Waals surface area contributed by atoms with Crippen LogP contribution in [0.25, 0.3) is 0 Å². The largest absolute Gasteiger partial charge is 0.334 e. The van der Waals surface area contributed by atoms with Crippen LogP contribution in [-0.4, -0.2) is 29.4 Å². The number of piperazine rings is 1. The summed E-state index contributed by atoms with van der Waals surface area (Å²) in [4.78, 5) is 28.4. The number of carbonyl (C=O) groups is 2. The summed E-state index contributed by atoms with van der Waals surface area (Å²) in [5.41, 5.74) is 0. The van der Waals surface area contributed by atoms with Gasteiger partial charge in [-0.1, -0.05) is 34.8 Å². The van der Waals surface area contributed by atoms with Crippen LogP contribution < -0.4 is 10.2 Å². The average Bonchev–Trinajstić information content (AvgIpc) is 2.29. The third-order valence-electron chi connectivity index (χ3n) is 2.56. The lowest BCUT2D eigenvalue weighted by Crippen LogP contribution is -2.57. The van der Waals surface area contributed by atoms with Gasteiger partial charge in [-0.25, -0.2) is 4.98 Å². The average molecular weight is 309 g/mol. The lowest BCUT2D eigenvalue weighted by molar-refractivity contribution is -0.132. The maximum Gasteiger partial charge on any atom is 0.249 e. The van der Waals surface area contributed by atoms with Gasteiger partial charge in [-0.2, -0.15) is 0 Å². The molecule has 0 aliphatic carbocycles. The molecule has 1 aromatic rings. The lowest BCUT2D eigenvalue weighted by Gasteiger charge is -2.33. The van der Waals surface area contributed by atoms with E-state index in [2.05, 4.69) is 10.3 Å². The van der Waals surface area contributed by atoms with Crippen molar-refractivity contribution in [1.82, 2.24) is 10.3 Å². The number of hydrogen-bond acceptors (Lipinski definition) is 4. The highest BCUT2D eigenvalue weighted by Gasteiger charge is 2.32. The molecule has 1 aliphatic rings. The number of nitrogens with one attached hydrogen (secondary N) is 1. The number of nitrogens with zero attached hydrogens (tertiary/aromatic N) is 2. The van der Waals surface area contributed by atoms with Gasteiger partial charge >= 0.3 is 0 Å². The molecule has 2 amide bonds. The molecule has 1 N–H and O–H groups in total. The van der Waals surface area contributed by atoms with Gasteiger partial charge in [0.1, 0.15) is 17.0 Å². The minimum absolute atomic E-state index is 0.0163. The minimum atomic E-state index is -0.565. The van der Waals surface area contributed by atoms with Crippen LogP contribution in [0.4, 0.5) is 5.82 Å². The summed E-state index contributed by atoms with van der Waals surface area (Å²) in [7, 11) is 0. The van der Waals surface area contributed by atoms with E-state index in [4.69, 9.17) is 34.8 Å². The van der Waals surface area contributed by atoms with E-state index in [1.165, 1.54) is 11.0 Å². The van der Waals surface area contributed by atoms with Crippen molar-refractivity contribution >= 4 is 52.4 Å². The van der Waals surface area contributed by atoms with Gasteiger partial charge in [-0.3, -0.25) is 14.9 Å². The van der Waals surface area contributed by atoms with Crippen LogP contribution in [0.3, 0.4) is 0 Å². The Kier molecular flexibility index (Phi) is 3.66. The van der Waals surface area contributed by atoms with E-state index in [-0.39, 0.29) is 27.6 Å². The molecule has 1 unspecified atom stereocenters. The molecule has 0 aromatic carbocycles. The molecule has 1 fully saturated rings. The number of imide groups is 1. The van der Waals surface area contributed by atoms with Crippen LogP contribution in [0.5, 0.6) is 0 Å². The van der Waals surface area contributed by atoms with E-state index in [1.54, 1.807) is 6.92 Å². The fourth-order valence-corrected chi connectivity index (χ4v) is 2.21. The third kappa shape index (κ3) is 2.39. The van der Waals surface area contributed by atoms with E-state index in [9.17, 15) is 9.59 Å². The Morgan fingerprint density at radius 2 is 2.00 bits per heavy atom. The van der Waals surface area contributed by atoms with Crippen molar-refractivity contribution in [3.05, 3.63) is 21.3 Å². The van der Waals surface area contributed by atoms with Crippen molar-refractivity contribution in [3.63, 3.8) is 0 Å². The molecule has 96 valence electrons. The first-order valence-corrected chi connectivity index (χ1v) is 6.15. The van der Waals surface area contributed by atoms with Crippen LogP contribution in [0, 0.1) is 0 Å². The Balaban J connectivity index is 2.44. The number of anilines is 1.